The first-order valence-electron chi connectivity index (χ1n) is 6.72. The maximum Gasteiger partial charge on any atom is 0.405 e. The predicted octanol–water partition coefficient (Wildman–Crippen LogP) is 2.10. The monoisotopic (exact) mass is 316 g/mol. The van der Waals surface area contributed by atoms with Gasteiger partial charge >= 0.3 is 6.18 Å². The number of benzene rings is 1. The van der Waals surface area contributed by atoms with Crippen LogP contribution >= 0.6 is 0 Å². The number of carbonyl (C=O) groups is 2. The largest absolute Gasteiger partial charge is 0.405 e. The van der Waals surface area contributed by atoms with Crippen molar-refractivity contribution in [1.82, 2.24) is 5.32 Å². The van der Waals surface area contributed by atoms with Crippen molar-refractivity contribution >= 4 is 17.5 Å². The SMILES string of the molecule is O=C(NCC(F)(F)F)c1cccc(NC(=O)[C@H]2CCCO2)c1. The fourth-order valence-electron chi connectivity index (χ4n) is 2.03. The van der Waals surface area contributed by atoms with E-state index in [9.17, 15) is 22.8 Å². The Balaban J connectivity index is 1.97. The Labute approximate surface area is 124 Å². The Hall–Kier alpha value is -2.09. The van der Waals surface area contributed by atoms with Crippen LogP contribution in [0.15, 0.2) is 24.3 Å². The third-order valence-corrected chi connectivity index (χ3v) is 3.06. The molecule has 2 rings (SSSR count). The lowest BCUT2D eigenvalue weighted by molar-refractivity contribution is -0.124. The van der Waals surface area contributed by atoms with Crippen molar-refractivity contribution in [2.75, 3.05) is 18.5 Å². The van der Waals surface area contributed by atoms with Crippen LogP contribution < -0.4 is 10.6 Å². The van der Waals surface area contributed by atoms with E-state index in [2.05, 4.69) is 5.32 Å². The number of nitrogens with one attached hydrogen (secondary N) is 2. The van der Waals surface area contributed by atoms with E-state index >= 15 is 0 Å². The molecule has 1 aliphatic heterocycles. The third kappa shape index (κ3) is 4.73. The van der Waals surface area contributed by atoms with Crippen molar-refractivity contribution < 1.29 is 27.5 Å². The minimum Gasteiger partial charge on any atom is -0.368 e. The average Bonchev–Trinajstić information content (AvgIpc) is 2.98. The van der Waals surface area contributed by atoms with Crippen molar-refractivity contribution in [3.63, 3.8) is 0 Å². The standard InChI is InChI=1S/C14H15F3N2O3/c15-14(16,17)8-18-12(20)9-3-1-4-10(7-9)19-13(21)11-5-2-6-22-11/h1,3-4,7,11H,2,5-6,8H2,(H,18,20)(H,19,21)/t11-/m1/s1. The fourth-order valence-corrected chi connectivity index (χ4v) is 2.03. The Bertz CT molecular complexity index is 555. The van der Waals surface area contributed by atoms with E-state index in [0.29, 0.717) is 18.7 Å². The summed E-state index contributed by atoms with van der Waals surface area (Å²) in [5.41, 5.74) is 0.370. The molecule has 8 heteroatoms. The summed E-state index contributed by atoms with van der Waals surface area (Å²) in [6.07, 6.45) is -3.57. The van der Waals surface area contributed by atoms with Crippen LogP contribution in [0.2, 0.25) is 0 Å². The number of anilines is 1. The molecule has 1 aromatic rings. The van der Waals surface area contributed by atoms with E-state index in [0.717, 1.165) is 6.42 Å². The number of ether oxygens (including phenoxy) is 1. The second-order valence-corrected chi connectivity index (χ2v) is 4.87. The molecule has 2 amide bonds. The third-order valence-electron chi connectivity index (χ3n) is 3.06. The zero-order valence-corrected chi connectivity index (χ0v) is 11.6. The Kier molecular flexibility index (Phi) is 5.02. The normalized spacial score (nSPS) is 18.0. The van der Waals surface area contributed by atoms with E-state index in [-0.39, 0.29) is 11.5 Å². The topological polar surface area (TPSA) is 67.4 Å². The van der Waals surface area contributed by atoms with Crippen LogP contribution in [0.3, 0.4) is 0 Å². The first kappa shape index (κ1) is 16.3. The molecule has 0 spiro atoms. The first-order chi connectivity index (χ1) is 10.3. The average molecular weight is 316 g/mol. The Morgan fingerprint density at radius 2 is 2.09 bits per heavy atom. The Morgan fingerprint density at radius 3 is 2.73 bits per heavy atom. The second kappa shape index (κ2) is 6.78. The molecule has 0 saturated carbocycles. The molecule has 0 radical (unpaired) electrons. The quantitative estimate of drug-likeness (QED) is 0.894. The highest BCUT2D eigenvalue weighted by molar-refractivity contribution is 5.98. The first-order valence-corrected chi connectivity index (χ1v) is 6.72. The van der Waals surface area contributed by atoms with Crippen LogP contribution in [0.4, 0.5) is 18.9 Å². The molecule has 1 heterocycles. The molecule has 0 bridgehead atoms. The van der Waals surface area contributed by atoms with E-state index in [1.54, 1.807) is 11.4 Å². The molecular weight excluding hydrogens is 301 g/mol. The van der Waals surface area contributed by atoms with E-state index < -0.39 is 24.7 Å². The molecule has 22 heavy (non-hydrogen) atoms. The summed E-state index contributed by atoms with van der Waals surface area (Å²) in [4.78, 5) is 23.5. The van der Waals surface area contributed by atoms with Gasteiger partial charge in [0.2, 0.25) is 0 Å². The fraction of sp³-hybridized carbons (Fsp3) is 0.429. The van der Waals surface area contributed by atoms with Gasteiger partial charge in [-0.15, -0.1) is 0 Å². The molecule has 5 nitrogen and oxygen atoms in total. The van der Waals surface area contributed by atoms with E-state index in [1.165, 1.54) is 18.2 Å². The van der Waals surface area contributed by atoms with Gasteiger partial charge in [0.25, 0.3) is 11.8 Å². The van der Waals surface area contributed by atoms with Gasteiger partial charge in [-0.25, -0.2) is 0 Å². The number of rotatable bonds is 4. The zero-order valence-electron chi connectivity index (χ0n) is 11.6. The maximum atomic E-state index is 12.1. The molecule has 0 aliphatic carbocycles. The number of amides is 2. The molecule has 1 aromatic carbocycles. The van der Waals surface area contributed by atoms with Crippen molar-refractivity contribution in [2.24, 2.45) is 0 Å². The van der Waals surface area contributed by atoms with E-state index in [4.69, 9.17) is 4.74 Å². The zero-order chi connectivity index (χ0) is 16.2. The lowest BCUT2D eigenvalue weighted by Crippen LogP contribution is -2.33. The van der Waals surface area contributed by atoms with Gasteiger partial charge in [0.1, 0.15) is 12.6 Å². The molecule has 1 saturated heterocycles. The Morgan fingerprint density at radius 1 is 1.32 bits per heavy atom. The lowest BCUT2D eigenvalue weighted by Gasteiger charge is -2.12. The molecule has 0 unspecified atom stereocenters. The van der Waals surface area contributed by atoms with Crippen LogP contribution in [-0.4, -0.2) is 37.2 Å². The highest BCUT2D eigenvalue weighted by Crippen LogP contribution is 2.17. The lowest BCUT2D eigenvalue weighted by atomic mass is 10.1. The summed E-state index contributed by atoms with van der Waals surface area (Å²) in [5, 5.41) is 4.36. The van der Waals surface area contributed by atoms with Crippen LogP contribution in [-0.2, 0) is 9.53 Å². The summed E-state index contributed by atoms with van der Waals surface area (Å²) in [6.45, 7) is -0.879. The van der Waals surface area contributed by atoms with Gasteiger partial charge in [-0.05, 0) is 31.0 Å². The molecule has 2 N–H and O–H groups in total. The van der Waals surface area contributed by atoms with Crippen LogP contribution in [0.25, 0.3) is 0 Å². The smallest absolute Gasteiger partial charge is 0.368 e. The molecule has 1 fully saturated rings. The van der Waals surface area contributed by atoms with Crippen LogP contribution in [0.5, 0.6) is 0 Å². The van der Waals surface area contributed by atoms with Crippen molar-refractivity contribution in [3.05, 3.63) is 29.8 Å². The van der Waals surface area contributed by atoms with Gasteiger partial charge in [-0.2, -0.15) is 13.2 Å². The second-order valence-electron chi connectivity index (χ2n) is 4.87. The number of alkyl halides is 3. The number of hydrogen-bond acceptors (Lipinski definition) is 3. The number of halogens is 3. The van der Waals surface area contributed by atoms with Gasteiger partial charge in [0, 0.05) is 17.9 Å². The van der Waals surface area contributed by atoms with Crippen LogP contribution in [0.1, 0.15) is 23.2 Å². The summed E-state index contributed by atoms with van der Waals surface area (Å²) < 4.78 is 41.4. The molecule has 120 valence electrons. The summed E-state index contributed by atoms with van der Waals surface area (Å²) >= 11 is 0. The van der Waals surface area contributed by atoms with Gasteiger partial charge in [0.15, 0.2) is 0 Å². The molecular formula is C14H15F3N2O3. The van der Waals surface area contributed by atoms with Crippen molar-refractivity contribution in [3.8, 4) is 0 Å². The maximum absolute atomic E-state index is 12.1. The molecule has 1 atom stereocenters. The van der Waals surface area contributed by atoms with Crippen LogP contribution in [0, 0.1) is 0 Å². The molecule has 1 aliphatic rings. The molecule has 0 aromatic heterocycles. The van der Waals surface area contributed by atoms with Gasteiger partial charge in [-0.1, -0.05) is 6.07 Å². The van der Waals surface area contributed by atoms with Gasteiger partial charge in [0.05, 0.1) is 0 Å². The van der Waals surface area contributed by atoms with Crippen molar-refractivity contribution in [2.45, 2.75) is 25.1 Å². The highest BCUT2D eigenvalue weighted by Gasteiger charge is 2.28. The minimum atomic E-state index is -4.47. The number of carbonyl (C=O) groups excluding carboxylic acids is 2. The summed E-state index contributed by atoms with van der Waals surface area (Å²) in [7, 11) is 0. The summed E-state index contributed by atoms with van der Waals surface area (Å²) in [5.74, 6) is -1.18. The highest BCUT2D eigenvalue weighted by atomic mass is 19.4. The summed E-state index contributed by atoms with van der Waals surface area (Å²) in [6, 6.07) is 5.72. The van der Waals surface area contributed by atoms with E-state index in [1.807, 2.05) is 0 Å². The van der Waals surface area contributed by atoms with Gasteiger partial charge < -0.3 is 15.4 Å². The predicted molar refractivity (Wildman–Crippen MR) is 72.4 cm³/mol. The minimum absolute atomic E-state index is 0.0365. The van der Waals surface area contributed by atoms with Gasteiger partial charge in [-0.3, -0.25) is 9.59 Å². The number of hydrogen-bond donors (Lipinski definition) is 2. The van der Waals surface area contributed by atoms with Crippen molar-refractivity contribution in [1.29, 1.82) is 0 Å².